The average Bonchev–Trinajstić information content (AvgIpc) is 2.80. The maximum Gasteiger partial charge on any atom is 0.155 e. The van der Waals surface area contributed by atoms with Gasteiger partial charge in [-0.25, -0.2) is 0 Å². The number of rotatable bonds is 3. The molecule has 3 nitrogen and oxygen atoms in total. The van der Waals surface area contributed by atoms with Crippen molar-refractivity contribution in [2.75, 3.05) is 12.3 Å². The standard InChI is InChI=1S/C13H15IN2O/c14-11-5-10(7-15)6-12(16)13(11)17-8-9-3-1-2-4-9/h5-6,9H,1-4,8,16H2. The van der Waals surface area contributed by atoms with E-state index in [1.165, 1.54) is 25.7 Å². The van der Waals surface area contributed by atoms with Crippen LogP contribution in [0.1, 0.15) is 31.2 Å². The van der Waals surface area contributed by atoms with Crippen LogP contribution in [0.4, 0.5) is 5.69 Å². The van der Waals surface area contributed by atoms with Crippen LogP contribution < -0.4 is 10.5 Å². The molecule has 0 bridgehead atoms. The zero-order valence-corrected chi connectivity index (χ0v) is 11.7. The van der Waals surface area contributed by atoms with Crippen molar-refractivity contribution in [3.05, 3.63) is 21.3 Å². The molecule has 1 saturated carbocycles. The molecule has 0 unspecified atom stereocenters. The fraction of sp³-hybridized carbons (Fsp3) is 0.462. The van der Waals surface area contributed by atoms with Gasteiger partial charge >= 0.3 is 0 Å². The summed E-state index contributed by atoms with van der Waals surface area (Å²) in [4.78, 5) is 0. The third-order valence-electron chi connectivity index (χ3n) is 3.14. The highest BCUT2D eigenvalue weighted by Crippen LogP contribution is 2.32. The molecule has 0 atom stereocenters. The zero-order chi connectivity index (χ0) is 12.3. The lowest BCUT2D eigenvalue weighted by molar-refractivity contribution is 0.252. The minimum Gasteiger partial charge on any atom is -0.490 e. The molecule has 2 rings (SSSR count). The van der Waals surface area contributed by atoms with Crippen molar-refractivity contribution in [1.82, 2.24) is 0 Å². The van der Waals surface area contributed by atoms with E-state index in [0.29, 0.717) is 17.2 Å². The Morgan fingerprint density at radius 3 is 2.71 bits per heavy atom. The van der Waals surface area contributed by atoms with Gasteiger partial charge in [0.15, 0.2) is 5.75 Å². The second-order valence-corrected chi connectivity index (χ2v) is 5.61. The Morgan fingerprint density at radius 2 is 2.12 bits per heavy atom. The minimum atomic E-state index is 0.562. The van der Waals surface area contributed by atoms with Crippen molar-refractivity contribution >= 4 is 28.3 Å². The SMILES string of the molecule is N#Cc1cc(N)c(OCC2CCCC2)c(I)c1. The zero-order valence-electron chi connectivity index (χ0n) is 9.58. The van der Waals surface area contributed by atoms with E-state index in [4.69, 9.17) is 15.7 Å². The first kappa shape index (κ1) is 12.5. The van der Waals surface area contributed by atoms with Gasteiger partial charge in [0.05, 0.1) is 27.5 Å². The Hall–Kier alpha value is -0.960. The Kier molecular flexibility index (Phi) is 4.11. The molecule has 0 spiro atoms. The minimum absolute atomic E-state index is 0.562. The number of halogens is 1. The molecule has 17 heavy (non-hydrogen) atoms. The van der Waals surface area contributed by atoms with E-state index < -0.39 is 0 Å². The third-order valence-corrected chi connectivity index (χ3v) is 3.94. The highest BCUT2D eigenvalue weighted by molar-refractivity contribution is 14.1. The predicted octanol–water partition coefficient (Wildman–Crippen LogP) is 3.31. The molecule has 0 radical (unpaired) electrons. The van der Waals surface area contributed by atoms with Gasteiger partial charge in [0.25, 0.3) is 0 Å². The first-order chi connectivity index (χ1) is 8.20. The van der Waals surface area contributed by atoms with Crippen molar-refractivity contribution in [2.24, 2.45) is 5.92 Å². The summed E-state index contributed by atoms with van der Waals surface area (Å²) in [7, 11) is 0. The summed E-state index contributed by atoms with van der Waals surface area (Å²) in [6.07, 6.45) is 5.14. The van der Waals surface area contributed by atoms with Gasteiger partial charge in [0, 0.05) is 0 Å². The molecule has 0 heterocycles. The van der Waals surface area contributed by atoms with Crippen LogP contribution in [0.3, 0.4) is 0 Å². The summed E-state index contributed by atoms with van der Waals surface area (Å²) < 4.78 is 6.72. The van der Waals surface area contributed by atoms with Crippen molar-refractivity contribution in [1.29, 1.82) is 5.26 Å². The van der Waals surface area contributed by atoms with Crippen LogP contribution in [0.15, 0.2) is 12.1 Å². The van der Waals surface area contributed by atoms with Gasteiger partial charge in [-0.15, -0.1) is 0 Å². The average molecular weight is 342 g/mol. The maximum absolute atomic E-state index is 8.83. The van der Waals surface area contributed by atoms with Crippen LogP contribution in [0.5, 0.6) is 5.75 Å². The molecule has 1 aliphatic carbocycles. The molecule has 1 aromatic rings. The number of hydrogen-bond acceptors (Lipinski definition) is 3. The van der Waals surface area contributed by atoms with Crippen molar-refractivity contribution in [2.45, 2.75) is 25.7 Å². The van der Waals surface area contributed by atoms with Crippen molar-refractivity contribution in [3.63, 3.8) is 0 Å². The Morgan fingerprint density at radius 1 is 1.41 bits per heavy atom. The molecule has 1 aromatic carbocycles. The number of nitriles is 1. The number of nitrogen functional groups attached to an aromatic ring is 1. The number of ether oxygens (including phenoxy) is 1. The van der Waals surface area contributed by atoms with Crippen LogP contribution >= 0.6 is 22.6 Å². The lowest BCUT2D eigenvalue weighted by Gasteiger charge is -2.14. The summed E-state index contributed by atoms with van der Waals surface area (Å²) in [5.41, 5.74) is 7.05. The van der Waals surface area contributed by atoms with Crippen LogP contribution in [-0.2, 0) is 0 Å². The number of hydrogen-bond donors (Lipinski definition) is 1. The smallest absolute Gasteiger partial charge is 0.155 e. The van der Waals surface area contributed by atoms with Crippen LogP contribution in [-0.4, -0.2) is 6.61 Å². The number of benzene rings is 1. The van der Waals surface area contributed by atoms with Crippen LogP contribution in [0, 0.1) is 20.8 Å². The number of nitrogens with two attached hydrogens (primary N) is 1. The first-order valence-corrected chi connectivity index (χ1v) is 6.90. The monoisotopic (exact) mass is 342 g/mol. The van der Waals surface area contributed by atoms with Gasteiger partial charge in [-0.05, 0) is 53.5 Å². The summed E-state index contributed by atoms with van der Waals surface area (Å²) in [5, 5.41) is 8.83. The first-order valence-electron chi connectivity index (χ1n) is 5.82. The highest BCUT2D eigenvalue weighted by Gasteiger charge is 2.17. The molecule has 4 heteroatoms. The van der Waals surface area contributed by atoms with Crippen LogP contribution in [0.2, 0.25) is 0 Å². The Balaban J connectivity index is 2.07. The summed E-state index contributed by atoms with van der Waals surface area (Å²) in [6, 6.07) is 5.57. The fourth-order valence-electron chi connectivity index (χ4n) is 2.21. The van der Waals surface area contributed by atoms with E-state index in [-0.39, 0.29) is 0 Å². The maximum atomic E-state index is 8.83. The summed E-state index contributed by atoms with van der Waals surface area (Å²) in [6.45, 7) is 0.742. The molecule has 0 aromatic heterocycles. The third kappa shape index (κ3) is 3.03. The normalized spacial score (nSPS) is 15.8. The van der Waals surface area contributed by atoms with Gasteiger partial charge in [-0.3, -0.25) is 0 Å². The quantitative estimate of drug-likeness (QED) is 0.677. The second kappa shape index (κ2) is 5.58. The molecular formula is C13H15IN2O. The molecule has 0 saturated heterocycles. The van der Waals surface area contributed by atoms with E-state index >= 15 is 0 Å². The molecule has 90 valence electrons. The van der Waals surface area contributed by atoms with Gasteiger partial charge in [0.1, 0.15) is 0 Å². The largest absolute Gasteiger partial charge is 0.490 e. The van der Waals surface area contributed by atoms with Crippen molar-refractivity contribution < 1.29 is 4.74 Å². The van der Waals surface area contributed by atoms with Gasteiger partial charge in [-0.1, -0.05) is 12.8 Å². The number of nitrogens with zero attached hydrogens (tertiary/aromatic N) is 1. The summed E-state index contributed by atoms with van der Waals surface area (Å²) in [5.74, 6) is 1.40. The van der Waals surface area contributed by atoms with Gasteiger partial charge in [-0.2, -0.15) is 5.26 Å². The molecule has 2 N–H and O–H groups in total. The van der Waals surface area contributed by atoms with E-state index in [2.05, 4.69) is 28.7 Å². The second-order valence-electron chi connectivity index (χ2n) is 4.45. The Bertz CT molecular complexity index is 424. The predicted molar refractivity (Wildman–Crippen MR) is 75.7 cm³/mol. The van der Waals surface area contributed by atoms with E-state index in [1.807, 2.05) is 0 Å². The lowest BCUT2D eigenvalue weighted by Crippen LogP contribution is -2.10. The lowest BCUT2D eigenvalue weighted by atomic mass is 10.1. The molecule has 1 fully saturated rings. The molecule has 0 amide bonds. The Labute approximate surface area is 115 Å². The van der Waals surface area contributed by atoms with E-state index in [9.17, 15) is 0 Å². The number of anilines is 1. The molecule has 1 aliphatic rings. The van der Waals surface area contributed by atoms with Crippen LogP contribution in [0.25, 0.3) is 0 Å². The topological polar surface area (TPSA) is 59.0 Å². The summed E-state index contributed by atoms with van der Waals surface area (Å²) >= 11 is 2.17. The van der Waals surface area contributed by atoms with E-state index in [1.54, 1.807) is 12.1 Å². The van der Waals surface area contributed by atoms with Gasteiger partial charge < -0.3 is 10.5 Å². The molecule has 0 aliphatic heterocycles. The fourth-order valence-corrected chi connectivity index (χ4v) is 3.01. The van der Waals surface area contributed by atoms with Crippen molar-refractivity contribution in [3.8, 4) is 11.8 Å². The van der Waals surface area contributed by atoms with E-state index in [0.717, 1.165) is 15.9 Å². The highest BCUT2D eigenvalue weighted by atomic mass is 127. The molecular weight excluding hydrogens is 327 g/mol. The van der Waals surface area contributed by atoms with Gasteiger partial charge in [0.2, 0.25) is 0 Å².